The number of likely N-dealkylation sites (tertiary alicyclic amines) is 1. The number of urea groups is 1. The van der Waals surface area contributed by atoms with E-state index in [1.807, 2.05) is 20.8 Å². The van der Waals surface area contributed by atoms with Crippen LogP contribution in [0.25, 0.3) is 0 Å². The van der Waals surface area contributed by atoms with E-state index in [4.69, 9.17) is 0 Å². The summed E-state index contributed by atoms with van der Waals surface area (Å²) in [5.74, 6) is -0.0868. The molecule has 0 saturated carbocycles. The molecule has 110 valence electrons. The van der Waals surface area contributed by atoms with Crippen molar-refractivity contribution in [1.29, 1.82) is 0 Å². The first-order valence-corrected chi connectivity index (χ1v) is 7.25. The highest BCUT2D eigenvalue weighted by Gasteiger charge is 2.52. The van der Waals surface area contributed by atoms with Crippen LogP contribution in [0.4, 0.5) is 4.79 Å². The summed E-state index contributed by atoms with van der Waals surface area (Å²) in [6, 6.07) is -0.778. The first-order valence-electron chi connectivity index (χ1n) is 7.25. The molecule has 4 amide bonds. The second-order valence-corrected chi connectivity index (χ2v) is 6.88. The molecule has 3 heterocycles. The Morgan fingerprint density at radius 2 is 1.85 bits per heavy atom. The van der Waals surface area contributed by atoms with E-state index in [0.29, 0.717) is 13.1 Å². The minimum absolute atomic E-state index is 0.0233. The molecule has 0 radical (unpaired) electrons. The molecule has 0 bridgehead atoms. The van der Waals surface area contributed by atoms with Gasteiger partial charge in [0, 0.05) is 25.0 Å². The summed E-state index contributed by atoms with van der Waals surface area (Å²) < 4.78 is 0. The van der Waals surface area contributed by atoms with Crippen LogP contribution in [0, 0.1) is 0 Å². The van der Waals surface area contributed by atoms with Crippen molar-refractivity contribution in [2.75, 3.05) is 13.1 Å². The maximum atomic E-state index is 12.4. The van der Waals surface area contributed by atoms with E-state index in [2.05, 4.69) is 0 Å². The fraction of sp³-hybridized carbons (Fsp3) is 0.786. The van der Waals surface area contributed by atoms with Crippen molar-refractivity contribution in [3.05, 3.63) is 0 Å². The number of nitrogens with zero attached hydrogens (tertiary/aromatic N) is 3. The number of rotatable bonds is 1. The highest BCUT2D eigenvalue weighted by atomic mass is 16.2. The quantitative estimate of drug-likeness (QED) is 0.667. The molecule has 3 aliphatic rings. The van der Waals surface area contributed by atoms with E-state index < -0.39 is 0 Å². The number of hydrogen-bond donors (Lipinski definition) is 0. The molecule has 20 heavy (non-hydrogen) atoms. The molecule has 3 fully saturated rings. The Morgan fingerprint density at radius 3 is 2.40 bits per heavy atom. The molecule has 0 unspecified atom stereocenters. The molecule has 0 spiro atoms. The zero-order valence-corrected chi connectivity index (χ0v) is 12.3. The zero-order chi connectivity index (χ0) is 14.7. The summed E-state index contributed by atoms with van der Waals surface area (Å²) in [6.45, 7) is 7.03. The standard InChI is InChI=1S/C14H21N3O3/c1-14(2,3)16-8-9(7-11(16)18)17-12(19)10-5-4-6-15(10)13(17)20/h9-10H,4-8H2,1-3H3/t9-,10+/m1/s1. The average molecular weight is 279 g/mol. The van der Waals surface area contributed by atoms with Crippen LogP contribution < -0.4 is 0 Å². The molecule has 3 aliphatic heterocycles. The van der Waals surface area contributed by atoms with E-state index in [9.17, 15) is 14.4 Å². The summed E-state index contributed by atoms with van der Waals surface area (Å²) in [5, 5.41) is 0. The second kappa shape index (κ2) is 4.20. The Morgan fingerprint density at radius 1 is 1.15 bits per heavy atom. The van der Waals surface area contributed by atoms with Crippen LogP contribution in [0.1, 0.15) is 40.0 Å². The van der Waals surface area contributed by atoms with Gasteiger partial charge in [-0.15, -0.1) is 0 Å². The molecule has 3 saturated heterocycles. The number of fused-ring (bicyclic) bond motifs is 1. The predicted octanol–water partition coefficient (Wildman–Crippen LogP) is 0.812. The molecular weight excluding hydrogens is 258 g/mol. The van der Waals surface area contributed by atoms with E-state index >= 15 is 0 Å². The van der Waals surface area contributed by atoms with E-state index in [1.54, 1.807) is 9.80 Å². The molecule has 6 heteroatoms. The van der Waals surface area contributed by atoms with Crippen molar-refractivity contribution in [3.63, 3.8) is 0 Å². The predicted molar refractivity (Wildman–Crippen MR) is 71.8 cm³/mol. The number of carbonyl (C=O) groups excluding carboxylic acids is 3. The van der Waals surface area contributed by atoms with Gasteiger partial charge in [0.2, 0.25) is 5.91 Å². The van der Waals surface area contributed by atoms with Crippen LogP contribution in [0.15, 0.2) is 0 Å². The van der Waals surface area contributed by atoms with Crippen LogP contribution in [0.2, 0.25) is 0 Å². The Kier molecular flexibility index (Phi) is 2.81. The summed E-state index contributed by atoms with van der Waals surface area (Å²) in [4.78, 5) is 41.6. The van der Waals surface area contributed by atoms with Gasteiger partial charge in [-0.1, -0.05) is 0 Å². The van der Waals surface area contributed by atoms with E-state index in [1.165, 1.54) is 4.90 Å². The first-order chi connectivity index (χ1) is 9.30. The normalized spacial score (nSPS) is 30.8. The number of imide groups is 1. The lowest BCUT2D eigenvalue weighted by Crippen LogP contribution is -2.46. The van der Waals surface area contributed by atoms with Gasteiger partial charge in [0.1, 0.15) is 6.04 Å². The van der Waals surface area contributed by atoms with Crippen LogP contribution in [-0.2, 0) is 9.59 Å². The van der Waals surface area contributed by atoms with Gasteiger partial charge in [-0.05, 0) is 33.6 Å². The number of hydrogen-bond acceptors (Lipinski definition) is 3. The van der Waals surface area contributed by atoms with Gasteiger partial charge in [0.05, 0.1) is 6.04 Å². The Balaban J connectivity index is 1.80. The zero-order valence-electron chi connectivity index (χ0n) is 12.3. The third kappa shape index (κ3) is 1.81. The molecular formula is C14H21N3O3. The van der Waals surface area contributed by atoms with Crippen LogP contribution in [0.3, 0.4) is 0 Å². The number of amides is 4. The monoisotopic (exact) mass is 279 g/mol. The lowest BCUT2D eigenvalue weighted by molar-refractivity contribution is -0.131. The third-order valence-corrected chi connectivity index (χ3v) is 4.51. The van der Waals surface area contributed by atoms with Gasteiger partial charge in [0.25, 0.3) is 5.91 Å². The maximum Gasteiger partial charge on any atom is 0.327 e. The molecule has 0 aromatic heterocycles. The van der Waals surface area contributed by atoms with Gasteiger partial charge in [0.15, 0.2) is 0 Å². The Hall–Kier alpha value is -1.59. The van der Waals surface area contributed by atoms with E-state index in [0.717, 1.165) is 12.8 Å². The fourth-order valence-electron chi connectivity index (χ4n) is 3.49. The summed E-state index contributed by atoms with van der Waals surface area (Å²) in [6.07, 6.45) is 1.91. The molecule has 2 atom stereocenters. The largest absolute Gasteiger partial charge is 0.336 e. The molecule has 0 aliphatic carbocycles. The molecule has 0 aromatic carbocycles. The van der Waals surface area contributed by atoms with Gasteiger partial charge >= 0.3 is 6.03 Å². The van der Waals surface area contributed by atoms with Crippen molar-refractivity contribution in [2.24, 2.45) is 0 Å². The summed E-state index contributed by atoms with van der Waals surface area (Å²) >= 11 is 0. The fourth-order valence-corrected chi connectivity index (χ4v) is 3.49. The van der Waals surface area contributed by atoms with Gasteiger partial charge in [-0.3, -0.25) is 14.5 Å². The van der Waals surface area contributed by atoms with Crippen molar-refractivity contribution < 1.29 is 14.4 Å². The smallest absolute Gasteiger partial charge is 0.327 e. The third-order valence-electron chi connectivity index (χ3n) is 4.51. The van der Waals surface area contributed by atoms with Gasteiger partial charge in [-0.2, -0.15) is 0 Å². The van der Waals surface area contributed by atoms with Crippen LogP contribution in [-0.4, -0.2) is 63.3 Å². The summed E-state index contributed by atoms with van der Waals surface area (Å²) in [7, 11) is 0. The van der Waals surface area contributed by atoms with Gasteiger partial charge < -0.3 is 9.80 Å². The minimum atomic E-state index is -0.299. The minimum Gasteiger partial charge on any atom is -0.336 e. The average Bonchev–Trinajstić information content (AvgIpc) is 2.98. The van der Waals surface area contributed by atoms with Crippen LogP contribution >= 0.6 is 0 Å². The molecule has 3 rings (SSSR count). The molecule has 0 N–H and O–H groups in total. The highest BCUT2D eigenvalue weighted by Crippen LogP contribution is 2.33. The maximum absolute atomic E-state index is 12.4. The van der Waals surface area contributed by atoms with Crippen molar-refractivity contribution in [3.8, 4) is 0 Å². The molecule has 0 aromatic rings. The topological polar surface area (TPSA) is 60.9 Å². The Labute approximate surface area is 118 Å². The van der Waals surface area contributed by atoms with Gasteiger partial charge in [-0.25, -0.2) is 4.79 Å². The second-order valence-electron chi connectivity index (χ2n) is 6.88. The summed E-state index contributed by atoms with van der Waals surface area (Å²) in [5.41, 5.74) is -0.270. The SMILES string of the molecule is CC(C)(C)N1C[C@H](N2C(=O)[C@@H]3CCCN3C2=O)CC1=O. The van der Waals surface area contributed by atoms with Crippen molar-refractivity contribution in [1.82, 2.24) is 14.7 Å². The number of carbonyl (C=O) groups is 3. The molecule has 6 nitrogen and oxygen atoms in total. The van der Waals surface area contributed by atoms with Crippen LogP contribution in [0.5, 0.6) is 0 Å². The Bertz CT molecular complexity index is 461. The lowest BCUT2D eigenvalue weighted by atomic mass is 10.1. The highest BCUT2D eigenvalue weighted by molar-refractivity contribution is 6.05. The van der Waals surface area contributed by atoms with Crippen molar-refractivity contribution >= 4 is 17.8 Å². The van der Waals surface area contributed by atoms with Crippen molar-refractivity contribution in [2.45, 2.75) is 57.7 Å². The van der Waals surface area contributed by atoms with E-state index in [-0.39, 0.29) is 41.9 Å². The first kappa shape index (κ1) is 13.4. The lowest BCUT2D eigenvalue weighted by Gasteiger charge is -2.32.